The number of carbonyl (C=O) groups excluding carboxylic acids is 2. The number of carboxylic acid groups (broad SMARTS) is 1. The van der Waals surface area contributed by atoms with E-state index in [-0.39, 0.29) is 84.7 Å². The van der Waals surface area contributed by atoms with Crippen molar-refractivity contribution in [3.63, 3.8) is 0 Å². The summed E-state index contributed by atoms with van der Waals surface area (Å²) in [5, 5.41) is 7.77. The quantitative estimate of drug-likeness (QED) is 0.0420. The van der Waals surface area contributed by atoms with Crippen molar-refractivity contribution in [2.75, 3.05) is 51.4 Å². The average molecular weight is 1300 g/mol. The summed E-state index contributed by atoms with van der Waals surface area (Å²) in [5.74, 6) is -0.601. The van der Waals surface area contributed by atoms with Gasteiger partial charge in [-0.3, -0.25) is 14.4 Å². The lowest BCUT2D eigenvalue weighted by Crippen LogP contribution is -2.13. The first-order valence-electron chi connectivity index (χ1n) is 26.0. The summed E-state index contributed by atoms with van der Waals surface area (Å²) in [4.78, 5) is 34.1. The van der Waals surface area contributed by atoms with Gasteiger partial charge < -0.3 is 29.8 Å². The normalized spacial score (nSPS) is 11.4. The van der Waals surface area contributed by atoms with Gasteiger partial charge in [-0.25, -0.2) is 42.1 Å². The molecule has 0 bridgehead atoms. The van der Waals surface area contributed by atoms with Crippen molar-refractivity contribution in [2.45, 2.75) is 82.4 Å². The van der Waals surface area contributed by atoms with Crippen LogP contribution in [-0.2, 0) is 81.5 Å². The van der Waals surface area contributed by atoms with Crippen LogP contribution in [0.25, 0.3) is 0 Å². The number of benzene rings is 7. The zero-order chi connectivity index (χ0) is 64.0. The van der Waals surface area contributed by atoms with Crippen LogP contribution < -0.4 is 24.7 Å². The zero-order valence-electron chi connectivity index (χ0n) is 48.3. The van der Waals surface area contributed by atoms with Gasteiger partial charge in [-0.15, -0.1) is 0 Å². The molecule has 0 aliphatic heterocycles. The Morgan fingerprint density at radius 1 is 0.419 bits per heavy atom. The molecule has 0 aromatic heterocycles. The number of carboxylic acids is 1. The highest BCUT2D eigenvalue weighted by molar-refractivity contribution is 7.92. The van der Waals surface area contributed by atoms with Gasteiger partial charge in [0, 0.05) is 36.1 Å². The number of methoxy groups -OCH3 is 4. The number of ketones is 1. The molecule has 7 aromatic rings. The standard InChI is InChI=1S/C26H28O7S2.C15H17NO4S.C10H11ClO3S.C10H12O4S/c1-19-4-9-24(10-5-19)34(28,29)15-14-22(27)16-20-6-11-25(12-7-20)35(30,31)18-21-17-23(32-2)8-13-26(21)33-3;1-19-13-5-8-15(20-2)11(9-13)10-21(17,18)14-6-3-12(16)4-7-14;2*1-8-2-4-9(5-3-8)15(13,14)7-6-10(11)12/h4-13,17H,14-16,18H2,1-3H3;3-9H,10,16H2,1-2H3;2-5H,6-7H2,1H3;2-5H,6-7H2,1H3,(H,11,12). The number of aryl methyl sites for hydroxylation is 3. The Morgan fingerprint density at radius 3 is 1.06 bits per heavy atom. The largest absolute Gasteiger partial charge is 0.497 e. The van der Waals surface area contributed by atoms with E-state index < -0.39 is 60.4 Å². The van der Waals surface area contributed by atoms with Crippen molar-refractivity contribution in [1.29, 1.82) is 0 Å². The Balaban J connectivity index is 0.000000265. The number of hydrogen-bond donors (Lipinski definition) is 2. The van der Waals surface area contributed by atoms with E-state index in [2.05, 4.69) is 0 Å². The molecule has 86 heavy (non-hydrogen) atoms. The molecular weight excluding hydrogens is 1230 g/mol. The third-order valence-corrected chi connectivity index (χ3v) is 21.3. The van der Waals surface area contributed by atoms with Gasteiger partial charge in [0.25, 0.3) is 0 Å². The fraction of sp³-hybridized carbons (Fsp3) is 0.262. The van der Waals surface area contributed by atoms with Crippen molar-refractivity contribution in [1.82, 2.24) is 0 Å². The summed E-state index contributed by atoms with van der Waals surface area (Å²) in [7, 11) is -11.5. The first-order valence-corrected chi connectivity index (χ1v) is 34.6. The number of ether oxygens (including phenoxy) is 4. The van der Waals surface area contributed by atoms with Crippen LogP contribution in [0.4, 0.5) is 5.69 Å². The van der Waals surface area contributed by atoms with Crippen LogP contribution in [0.1, 0.15) is 52.6 Å². The minimum Gasteiger partial charge on any atom is -0.497 e. The number of nitrogens with two attached hydrogens (primary N) is 1. The number of sulfone groups is 5. The Hall–Kier alpha value is -7.61. The summed E-state index contributed by atoms with van der Waals surface area (Å²) in [5.41, 5.74) is 10.6. The number of anilines is 1. The van der Waals surface area contributed by atoms with Gasteiger partial charge in [0.15, 0.2) is 49.2 Å². The van der Waals surface area contributed by atoms with E-state index in [9.17, 15) is 56.5 Å². The van der Waals surface area contributed by atoms with E-state index in [1.165, 1.54) is 89.1 Å². The Morgan fingerprint density at radius 2 is 0.733 bits per heavy atom. The number of hydrogen-bond acceptors (Lipinski definition) is 18. The molecule has 0 radical (unpaired) electrons. The molecule has 7 aromatic carbocycles. The molecule has 3 N–H and O–H groups in total. The predicted molar refractivity (Wildman–Crippen MR) is 329 cm³/mol. The van der Waals surface area contributed by atoms with Crippen LogP contribution >= 0.6 is 11.6 Å². The number of carbonyl (C=O) groups is 3. The summed E-state index contributed by atoms with van der Waals surface area (Å²) in [6, 6.07) is 41.6. The highest BCUT2D eigenvalue weighted by Crippen LogP contribution is 2.30. The van der Waals surface area contributed by atoms with E-state index in [0.29, 0.717) is 45.4 Å². The lowest BCUT2D eigenvalue weighted by Gasteiger charge is -2.11. The van der Waals surface area contributed by atoms with Gasteiger partial charge >= 0.3 is 5.97 Å². The van der Waals surface area contributed by atoms with Crippen LogP contribution in [-0.4, -0.2) is 110 Å². The average Bonchev–Trinajstić information content (AvgIpc) is 2.13. The second-order valence-corrected chi connectivity index (χ2v) is 29.9. The molecule has 25 heteroatoms. The summed E-state index contributed by atoms with van der Waals surface area (Å²) in [6.07, 6.45) is -0.618. The molecule has 462 valence electrons. The van der Waals surface area contributed by atoms with Crippen molar-refractivity contribution in [3.05, 3.63) is 191 Å². The van der Waals surface area contributed by atoms with Crippen molar-refractivity contribution in [3.8, 4) is 23.0 Å². The third-order valence-electron chi connectivity index (χ3n) is 12.5. The molecule has 19 nitrogen and oxygen atoms in total. The molecule has 0 aliphatic carbocycles. The maximum Gasteiger partial charge on any atom is 0.304 e. The lowest BCUT2D eigenvalue weighted by atomic mass is 10.1. The summed E-state index contributed by atoms with van der Waals surface area (Å²) in [6.45, 7) is 5.60. The number of aliphatic carboxylic acids is 1. The fourth-order valence-electron chi connectivity index (χ4n) is 7.65. The highest BCUT2D eigenvalue weighted by Gasteiger charge is 2.22. The molecule has 0 unspecified atom stereocenters. The molecule has 0 heterocycles. The minimum atomic E-state index is -3.68. The Bertz CT molecular complexity index is 3920. The summed E-state index contributed by atoms with van der Waals surface area (Å²) < 4.78 is 143. The smallest absolute Gasteiger partial charge is 0.304 e. The molecule has 0 fully saturated rings. The summed E-state index contributed by atoms with van der Waals surface area (Å²) >= 11 is 5.09. The van der Waals surface area contributed by atoms with Crippen LogP contribution in [0.3, 0.4) is 0 Å². The fourth-order valence-corrected chi connectivity index (χ4v) is 14.3. The number of rotatable bonds is 24. The maximum atomic E-state index is 12.9. The first kappa shape index (κ1) is 70.9. The molecule has 7 rings (SSSR count). The van der Waals surface area contributed by atoms with Crippen molar-refractivity contribution in [2.24, 2.45) is 0 Å². The van der Waals surface area contributed by atoms with E-state index in [4.69, 9.17) is 41.4 Å². The van der Waals surface area contributed by atoms with E-state index in [1.807, 2.05) is 20.8 Å². The Kier molecular flexibility index (Phi) is 26.6. The monoisotopic (exact) mass is 1300 g/mol. The molecule has 0 spiro atoms. The first-order chi connectivity index (χ1) is 40.3. The Labute approximate surface area is 508 Å². The van der Waals surface area contributed by atoms with Crippen LogP contribution in [0.5, 0.6) is 23.0 Å². The molecule has 0 saturated heterocycles. The topological polar surface area (TPSA) is 305 Å². The van der Waals surface area contributed by atoms with Crippen LogP contribution in [0.2, 0.25) is 0 Å². The lowest BCUT2D eigenvalue weighted by molar-refractivity contribution is -0.136. The maximum absolute atomic E-state index is 12.9. The van der Waals surface area contributed by atoms with Crippen molar-refractivity contribution < 1.29 is 80.5 Å². The predicted octanol–water partition coefficient (Wildman–Crippen LogP) is 9.39. The molecular formula is C61H68ClNO18S5. The number of Topliss-reactive ketones (excluding diaryl/α,β-unsaturated/α-hetero) is 1. The van der Waals surface area contributed by atoms with Gasteiger partial charge in [-0.05, 0) is 147 Å². The van der Waals surface area contributed by atoms with Crippen molar-refractivity contribution >= 4 is 83.5 Å². The third kappa shape index (κ3) is 22.7. The van der Waals surface area contributed by atoms with E-state index in [1.54, 1.807) is 97.1 Å². The highest BCUT2D eigenvalue weighted by atomic mass is 35.5. The van der Waals surface area contributed by atoms with Gasteiger partial charge in [0.05, 0.1) is 88.1 Å². The van der Waals surface area contributed by atoms with E-state index >= 15 is 0 Å². The minimum absolute atomic E-state index is 0.0213. The second-order valence-electron chi connectivity index (χ2n) is 19.2. The van der Waals surface area contributed by atoms with Gasteiger partial charge in [0.2, 0.25) is 5.24 Å². The van der Waals surface area contributed by atoms with E-state index in [0.717, 1.165) is 16.7 Å². The number of halogens is 1. The molecule has 0 amide bonds. The zero-order valence-corrected chi connectivity index (χ0v) is 53.1. The molecule has 0 saturated carbocycles. The SMILES string of the molecule is COc1ccc(OC)c(CS(=O)(=O)c2ccc(CC(=O)CCS(=O)(=O)c3ccc(C)cc3)cc2)c1.COc1ccc(OC)c(CS(=O)(=O)c2ccc(N)cc2)c1.Cc1ccc(S(=O)(=O)CCC(=O)Cl)cc1.Cc1ccc(S(=O)(=O)CCC(=O)O)cc1. The van der Waals surface area contributed by atoms with Crippen LogP contribution in [0.15, 0.2) is 182 Å². The second kappa shape index (κ2) is 32.2. The molecule has 0 aliphatic rings. The van der Waals surface area contributed by atoms with Gasteiger partial charge in [0.1, 0.15) is 28.8 Å². The molecule has 0 atom stereocenters. The number of nitrogen functional groups attached to an aromatic ring is 1. The van der Waals surface area contributed by atoms with Gasteiger partial charge in [-0.1, -0.05) is 65.2 Å². The van der Waals surface area contributed by atoms with Crippen LogP contribution in [0, 0.1) is 20.8 Å². The van der Waals surface area contributed by atoms with Gasteiger partial charge in [-0.2, -0.15) is 0 Å².